The highest BCUT2D eigenvalue weighted by Crippen LogP contribution is 2.54. The lowest BCUT2D eigenvalue weighted by molar-refractivity contribution is 0.190. The van der Waals surface area contributed by atoms with Crippen molar-refractivity contribution in [3.05, 3.63) is 48.0 Å². The zero-order valence-corrected chi connectivity index (χ0v) is 10.3. The Kier molecular flexibility index (Phi) is 4.74. The van der Waals surface area contributed by atoms with E-state index in [4.69, 9.17) is 13.8 Å². The van der Waals surface area contributed by atoms with Gasteiger partial charge in [0.2, 0.25) is 5.50 Å². The van der Waals surface area contributed by atoms with Crippen molar-refractivity contribution in [2.45, 2.75) is 6.61 Å². The summed E-state index contributed by atoms with van der Waals surface area (Å²) in [6.45, 7) is 3.84. The highest BCUT2D eigenvalue weighted by atomic mass is 31.2. The first kappa shape index (κ1) is 13.0. The molecule has 0 aliphatic rings. The normalized spacial score (nSPS) is 11.1. The summed E-state index contributed by atoms with van der Waals surface area (Å²) in [5.41, 5.74) is 0.976. The van der Waals surface area contributed by atoms with Gasteiger partial charge in [-0.2, -0.15) is 0 Å². The fourth-order valence-corrected chi connectivity index (χ4v) is 1.88. The van der Waals surface area contributed by atoms with Gasteiger partial charge < -0.3 is 13.8 Å². The lowest BCUT2D eigenvalue weighted by Crippen LogP contribution is -1.97. The highest BCUT2D eigenvalue weighted by Gasteiger charge is 2.27. The third-order valence-corrected chi connectivity index (χ3v) is 3.74. The average molecular weight is 242 g/mol. The van der Waals surface area contributed by atoms with Gasteiger partial charge in [0.05, 0.1) is 0 Å². The third-order valence-electron chi connectivity index (χ3n) is 2.03. The summed E-state index contributed by atoms with van der Waals surface area (Å²) in [5, 5.41) is 0. The van der Waals surface area contributed by atoms with Crippen molar-refractivity contribution in [3.63, 3.8) is 0 Å². The summed E-state index contributed by atoms with van der Waals surface area (Å²) in [7, 11) is -0.740. The van der Waals surface area contributed by atoms with Crippen LogP contribution in [-0.2, 0) is 25.0 Å². The number of ether oxygens (including phenoxy) is 1. The molecule has 16 heavy (non-hydrogen) atoms. The minimum Gasteiger partial charge on any atom is -0.481 e. The summed E-state index contributed by atoms with van der Waals surface area (Å²) < 4.78 is 26.6. The second kappa shape index (κ2) is 5.85. The van der Waals surface area contributed by atoms with E-state index in [1.807, 2.05) is 30.3 Å². The molecule has 0 amide bonds. The summed E-state index contributed by atoms with van der Waals surface area (Å²) in [6, 6.07) is 9.50. The van der Waals surface area contributed by atoms with Crippen molar-refractivity contribution in [2.75, 3.05) is 14.2 Å². The van der Waals surface area contributed by atoms with Gasteiger partial charge in [-0.15, -0.1) is 0 Å². The highest BCUT2D eigenvalue weighted by molar-refractivity contribution is 7.58. The van der Waals surface area contributed by atoms with Crippen molar-refractivity contribution < 1.29 is 18.3 Å². The molecule has 0 aliphatic carbocycles. The Bertz CT molecular complexity index is 380. The van der Waals surface area contributed by atoms with Gasteiger partial charge in [-0.1, -0.05) is 30.3 Å². The van der Waals surface area contributed by atoms with Crippen molar-refractivity contribution in [1.82, 2.24) is 0 Å². The zero-order chi connectivity index (χ0) is 12.0. The Morgan fingerprint density at radius 2 is 1.81 bits per heavy atom. The van der Waals surface area contributed by atoms with Crippen molar-refractivity contribution in [2.24, 2.45) is 0 Å². The second-order valence-corrected chi connectivity index (χ2v) is 5.25. The predicted octanol–water partition coefficient (Wildman–Crippen LogP) is 3.16. The van der Waals surface area contributed by atoms with Crippen LogP contribution in [0.2, 0.25) is 0 Å². The van der Waals surface area contributed by atoms with Crippen LogP contribution in [0.5, 0.6) is 0 Å². The van der Waals surface area contributed by atoms with Crippen molar-refractivity contribution in [3.8, 4) is 0 Å². The van der Waals surface area contributed by atoms with E-state index in [1.54, 1.807) is 0 Å². The minimum absolute atomic E-state index is 0.0151. The lowest BCUT2D eigenvalue weighted by Gasteiger charge is -2.16. The molecule has 0 bridgehead atoms. The van der Waals surface area contributed by atoms with E-state index in [2.05, 4.69) is 6.58 Å². The van der Waals surface area contributed by atoms with Crippen LogP contribution >= 0.6 is 7.60 Å². The van der Waals surface area contributed by atoms with E-state index in [1.165, 1.54) is 14.2 Å². The predicted molar refractivity (Wildman–Crippen MR) is 62.0 cm³/mol. The van der Waals surface area contributed by atoms with E-state index in [0.717, 1.165) is 5.56 Å². The Labute approximate surface area is 95.4 Å². The quantitative estimate of drug-likeness (QED) is 0.567. The van der Waals surface area contributed by atoms with Crippen molar-refractivity contribution in [1.29, 1.82) is 0 Å². The lowest BCUT2D eigenvalue weighted by atomic mass is 10.2. The van der Waals surface area contributed by atoms with Gasteiger partial charge in [0.25, 0.3) is 0 Å². The molecule has 1 rings (SSSR count). The monoisotopic (exact) mass is 242 g/mol. The maximum atomic E-state index is 11.8. The molecule has 0 spiro atoms. The summed E-state index contributed by atoms with van der Waals surface area (Å²) in [6.07, 6.45) is 0. The molecule has 4 nitrogen and oxygen atoms in total. The molecule has 0 unspecified atom stereocenters. The molecule has 0 atom stereocenters. The first-order valence-corrected chi connectivity index (χ1v) is 6.24. The third kappa shape index (κ3) is 3.20. The van der Waals surface area contributed by atoms with Crippen LogP contribution in [0.15, 0.2) is 42.4 Å². The van der Waals surface area contributed by atoms with Crippen LogP contribution in [0.1, 0.15) is 5.56 Å². The van der Waals surface area contributed by atoms with Crippen LogP contribution in [0.4, 0.5) is 0 Å². The molecule has 0 heterocycles. The smallest absolute Gasteiger partial charge is 0.394 e. The minimum atomic E-state index is -3.33. The van der Waals surface area contributed by atoms with Crippen LogP contribution in [0.3, 0.4) is 0 Å². The molecule has 0 saturated carbocycles. The SMILES string of the molecule is C=C(OCc1ccccc1)P(=O)(OC)OC. The van der Waals surface area contributed by atoms with E-state index in [9.17, 15) is 4.57 Å². The van der Waals surface area contributed by atoms with E-state index in [0.29, 0.717) is 0 Å². The van der Waals surface area contributed by atoms with Crippen LogP contribution in [-0.4, -0.2) is 14.2 Å². The van der Waals surface area contributed by atoms with Gasteiger partial charge in [-0.25, -0.2) is 0 Å². The number of benzene rings is 1. The van der Waals surface area contributed by atoms with Gasteiger partial charge in [0.15, 0.2) is 0 Å². The van der Waals surface area contributed by atoms with Crippen LogP contribution in [0, 0.1) is 0 Å². The standard InChI is InChI=1S/C11H15O4P/c1-10(16(12,13-2)14-3)15-9-11-7-5-4-6-8-11/h4-8H,1,9H2,2-3H3. The van der Waals surface area contributed by atoms with Crippen LogP contribution < -0.4 is 0 Å². The number of hydrogen-bond acceptors (Lipinski definition) is 4. The van der Waals surface area contributed by atoms with Gasteiger partial charge in [-0.05, 0) is 12.1 Å². The summed E-state index contributed by atoms with van der Waals surface area (Å²) >= 11 is 0. The molecule has 0 radical (unpaired) electrons. The molecular formula is C11H15O4P. The topological polar surface area (TPSA) is 44.8 Å². The molecule has 0 aromatic heterocycles. The van der Waals surface area contributed by atoms with Gasteiger partial charge in [0.1, 0.15) is 6.61 Å². The molecule has 1 aromatic rings. The summed E-state index contributed by atoms with van der Waals surface area (Å²) in [5.74, 6) is 0. The molecular weight excluding hydrogens is 227 g/mol. The largest absolute Gasteiger partial charge is 0.481 e. The van der Waals surface area contributed by atoms with E-state index >= 15 is 0 Å². The van der Waals surface area contributed by atoms with Gasteiger partial charge in [-0.3, -0.25) is 4.57 Å². The van der Waals surface area contributed by atoms with Crippen molar-refractivity contribution >= 4 is 7.60 Å². The second-order valence-electron chi connectivity index (χ2n) is 3.03. The Morgan fingerprint density at radius 3 is 2.31 bits per heavy atom. The summed E-state index contributed by atoms with van der Waals surface area (Å²) in [4.78, 5) is 0. The zero-order valence-electron chi connectivity index (χ0n) is 9.38. The average Bonchev–Trinajstić information content (AvgIpc) is 2.36. The molecule has 0 fully saturated rings. The Morgan fingerprint density at radius 1 is 1.25 bits per heavy atom. The van der Waals surface area contributed by atoms with E-state index in [-0.39, 0.29) is 12.1 Å². The molecule has 88 valence electrons. The van der Waals surface area contributed by atoms with E-state index < -0.39 is 7.60 Å². The van der Waals surface area contributed by atoms with Gasteiger partial charge in [0, 0.05) is 14.2 Å². The fourth-order valence-electron chi connectivity index (χ4n) is 1.10. The van der Waals surface area contributed by atoms with Crippen LogP contribution in [0.25, 0.3) is 0 Å². The number of rotatable bonds is 6. The maximum Gasteiger partial charge on any atom is 0.394 e. The molecule has 0 aliphatic heterocycles. The molecule has 1 aromatic carbocycles. The molecule has 0 saturated heterocycles. The maximum absolute atomic E-state index is 11.8. The first-order valence-electron chi connectivity index (χ1n) is 4.70. The fraction of sp³-hybridized carbons (Fsp3) is 0.273. The number of hydrogen-bond donors (Lipinski definition) is 0. The first-order chi connectivity index (χ1) is 7.62. The molecule has 5 heteroatoms. The van der Waals surface area contributed by atoms with Gasteiger partial charge >= 0.3 is 7.60 Å². The molecule has 0 N–H and O–H groups in total. The Hall–Kier alpha value is -1.09. The Balaban J connectivity index is 2.57.